The molecule has 3 heteroatoms. The second kappa shape index (κ2) is 3.29. The molecule has 2 saturated carbocycles. The zero-order valence-corrected chi connectivity index (χ0v) is 8.01. The van der Waals surface area contributed by atoms with Gasteiger partial charge in [-0.1, -0.05) is 12.8 Å². The second-order valence-corrected chi connectivity index (χ2v) is 4.56. The van der Waals surface area contributed by atoms with Gasteiger partial charge in [-0.15, -0.1) is 0 Å². The number of carbonyl (C=O) groups excluding carboxylic acids is 1. The number of hydrogen-bond donors (Lipinski definition) is 2. The molecule has 0 radical (unpaired) electrons. The minimum absolute atomic E-state index is 0.0927. The van der Waals surface area contributed by atoms with Crippen molar-refractivity contribution in [2.45, 2.75) is 44.1 Å². The summed E-state index contributed by atoms with van der Waals surface area (Å²) < 4.78 is 0. The molecule has 2 aliphatic rings. The number of nitrogens with one attached hydrogen (secondary N) is 1. The molecule has 0 aromatic rings. The monoisotopic (exact) mass is 182 g/mol. The van der Waals surface area contributed by atoms with Crippen molar-refractivity contribution in [3.63, 3.8) is 0 Å². The van der Waals surface area contributed by atoms with Crippen LogP contribution in [0.5, 0.6) is 0 Å². The predicted octanol–water partition coefficient (Wildman–Crippen LogP) is 0.784. The molecular formula is C10H18N2O. The minimum atomic E-state index is -0.0927. The van der Waals surface area contributed by atoms with Gasteiger partial charge in [-0.3, -0.25) is 4.79 Å². The summed E-state index contributed by atoms with van der Waals surface area (Å²) in [5, 5.41) is 2.96. The summed E-state index contributed by atoms with van der Waals surface area (Å²) in [7, 11) is 0. The van der Waals surface area contributed by atoms with E-state index in [0.29, 0.717) is 12.5 Å². The highest BCUT2D eigenvalue weighted by Crippen LogP contribution is 2.30. The van der Waals surface area contributed by atoms with Crippen molar-refractivity contribution in [1.82, 2.24) is 5.32 Å². The molecule has 2 aliphatic carbocycles. The van der Waals surface area contributed by atoms with Gasteiger partial charge in [-0.25, -0.2) is 0 Å². The van der Waals surface area contributed by atoms with E-state index >= 15 is 0 Å². The summed E-state index contributed by atoms with van der Waals surface area (Å²) in [6.45, 7) is 0.683. The third kappa shape index (κ3) is 2.21. The molecule has 0 spiro atoms. The van der Waals surface area contributed by atoms with Gasteiger partial charge >= 0.3 is 0 Å². The van der Waals surface area contributed by atoms with Gasteiger partial charge in [0.1, 0.15) is 0 Å². The van der Waals surface area contributed by atoms with Gasteiger partial charge in [0.05, 0.1) is 0 Å². The second-order valence-electron chi connectivity index (χ2n) is 4.56. The van der Waals surface area contributed by atoms with Crippen LogP contribution >= 0.6 is 0 Å². The van der Waals surface area contributed by atoms with Gasteiger partial charge in [0.2, 0.25) is 5.91 Å². The Morgan fingerprint density at radius 1 is 1.38 bits per heavy atom. The lowest BCUT2D eigenvalue weighted by Gasteiger charge is -2.23. The van der Waals surface area contributed by atoms with Gasteiger partial charge in [-0.2, -0.15) is 0 Å². The Hall–Kier alpha value is -0.570. The number of nitrogens with two attached hydrogens (primary N) is 1. The first-order chi connectivity index (χ1) is 6.20. The summed E-state index contributed by atoms with van der Waals surface area (Å²) in [4.78, 5) is 11.3. The van der Waals surface area contributed by atoms with Crippen LogP contribution < -0.4 is 11.1 Å². The van der Waals surface area contributed by atoms with Crippen LogP contribution in [0, 0.1) is 5.92 Å². The molecule has 1 amide bonds. The summed E-state index contributed by atoms with van der Waals surface area (Å²) in [6.07, 6.45) is 6.72. The van der Waals surface area contributed by atoms with Gasteiger partial charge in [-0.05, 0) is 25.7 Å². The zero-order valence-electron chi connectivity index (χ0n) is 8.01. The molecule has 0 aromatic heterocycles. The lowest BCUT2D eigenvalue weighted by Crippen LogP contribution is -2.48. The fourth-order valence-corrected chi connectivity index (χ4v) is 2.01. The summed E-state index contributed by atoms with van der Waals surface area (Å²) in [5.41, 5.74) is 6.02. The average Bonchev–Trinajstić information content (AvgIpc) is 2.87. The lowest BCUT2D eigenvalue weighted by atomic mass is 9.99. The van der Waals surface area contributed by atoms with Crippen molar-refractivity contribution < 1.29 is 4.79 Å². The van der Waals surface area contributed by atoms with E-state index in [-0.39, 0.29) is 11.4 Å². The molecular weight excluding hydrogens is 164 g/mol. The van der Waals surface area contributed by atoms with E-state index in [0.717, 1.165) is 25.7 Å². The summed E-state index contributed by atoms with van der Waals surface area (Å²) in [6, 6.07) is 0. The van der Waals surface area contributed by atoms with Crippen molar-refractivity contribution in [3.05, 3.63) is 0 Å². The van der Waals surface area contributed by atoms with Crippen LogP contribution in [0.1, 0.15) is 38.5 Å². The highest BCUT2D eigenvalue weighted by atomic mass is 16.2. The largest absolute Gasteiger partial charge is 0.354 e. The van der Waals surface area contributed by atoms with Crippen LogP contribution in [0.25, 0.3) is 0 Å². The zero-order chi connectivity index (χ0) is 9.31. The molecule has 13 heavy (non-hydrogen) atoms. The van der Waals surface area contributed by atoms with Gasteiger partial charge in [0.15, 0.2) is 0 Å². The fraction of sp³-hybridized carbons (Fsp3) is 0.900. The molecule has 0 atom stereocenters. The van der Waals surface area contributed by atoms with E-state index in [2.05, 4.69) is 5.32 Å². The van der Waals surface area contributed by atoms with Gasteiger partial charge < -0.3 is 11.1 Å². The van der Waals surface area contributed by atoms with E-state index in [1.165, 1.54) is 12.8 Å². The Morgan fingerprint density at radius 3 is 2.54 bits per heavy atom. The van der Waals surface area contributed by atoms with Crippen molar-refractivity contribution in [2.75, 3.05) is 6.54 Å². The van der Waals surface area contributed by atoms with Crippen LogP contribution in [0.2, 0.25) is 0 Å². The maximum absolute atomic E-state index is 11.3. The summed E-state index contributed by atoms with van der Waals surface area (Å²) in [5.74, 6) is 0.529. The maximum Gasteiger partial charge on any atom is 0.223 e. The summed E-state index contributed by atoms with van der Waals surface area (Å²) >= 11 is 0. The minimum Gasteiger partial charge on any atom is -0.354 e. The molecule has 3 nitrogen and oxygen atoms in total. The van der Waals surface area contributed by atoms with Crippen LogP contribution in [0.3, 0.4) is 0 Å². The number of carbonyl (C=O) groups is 1. The van der Waals surface area contributed by atoms with Crippen molar-refractivity contribution in [1.29, 1.82) is 0 Å². The Morgan fingerprint density at radius 2 is 2.00 bits per heavy atom. The molecule has 0 bridgehead atoms. The molecule has 2 rings (SSSR count). The molecule has 0 aliphatic heterocycles. The van der Waals surface area contributed by atoms with Crippen LogP contribution in [-0.4, -0.2) is 18.0 Å². The maximum atomic E-state index is 11.3. The van der Waals surface area contributed by atoms with Gasteiger partial charge in [0, 0.05) is 18.0 Å². The molecule has 0 aromatic carbocycles. The first-order valence-corrected chi connectivity index (χ1v) is 5.26. The SMILES string of the molecule is NC1(CNC(=O)C2CC2)CCCC1. The Balaban J connectivity index is 1.74. The van der Waals surface area contributed by atoms with E-state index < -0.39 is 0 Å². The smallest absolute Gasteiger partial charge is 0.223 e. The fourth-order valence-electron chi connectivity index (χ4n) is 2.01. The standard InChI is InChI=1S/C10H18N2O/c11-10(5-1-2-6-10)7-12-9(13)8-3-4-8/h8H,1-7,11H2,(H,12,13). The van der Waals surface area contributed by atoms with Crippen LogP contribution in [0.15, 0.2) is 0 Å². The first kappa shape index (κ1) is 9.00. The highest BCUT2D eigenvalue weighted by Gasteiger charge is 2.33. The van der Waals surface area contributed by atoms with Crippen LogP contribution in [0.4, 0.5) is 0 Å². The topological polar surface area (TPSA) is 55.1 Å². The van der Waals surface area contributed by atoms with Crippen molar-refractivity contribution in [3.8, 4) is 0 Å². The lowest BCUT2D eigenvalue weighted by molar-refractivity contribution is -0.122. The first-order valence-electron chi connectivity index (χ1n) is 5.26. The third-order valence-electron chi connectivity index (χ3n) is 3.16. The molecule has 0 saturated heterocycles. The number of rotatable bonds is 3. The number of amides is 1. The van der Waals surface area contributed by atoms with Crippen molar-refractivity contribution >= 4 is 5.91 Å². The molecule has 0 unspecified atom stereocenters. The third-order valence-corrected chi connectivity index (χ3v) is 3.16. The van der Waals surface area contributed by atoms with E-state index in [1.807, 2.05) is 0 Å². The van der Waals surface area contributed by atoms with Crippen LogP contribution in [-0.2, 0) is 4.79 Å². The average molecular weight is 182 g/mol. The molecule has 3 N–H and O–H groups in total. The highest BCUT2D eigenvalue weighted by molar-refractivity contribution is 5.80. The Bertz CT molecular complexity index is 205. The predicted molar refractivity (Wildman–Crippen MR) is 51.1 cm³/mol. The van der Waals surface area contributed by atoms with E-state index in [9.17, 15) is 4.79 Å². The quantitative estimate of drug-likeness (QED) is 0.678. The normalized spacial score (nSPS) is 25.9. The van der Waals surface area contributed by atoms with Gasteiger partial charge in [0.25, 0.3) is 0 Å². The van der Waals surface area contributed by atoms with E-state index in [4.69, 9.17) is 5.73 Å². The van der Waals surface area contributed by atoms with Crippen molar-refractivity contribution in [2.24, 2.45) is 11.7 Å². The Labute approximate surface area is 79.1 Å². The Kier molecular flexibility index (Phi) is 2.28. The number of hydrogen-bond acceptors (Lipinski definition) is 2. The molecule has 2 fully saturated rings. The molecule has 0 heterocycles. The molecule has 74 valence electrons. The van der Waals surface area contributed by atoms with E-state index in [1.54, 1.807) is 0 Å².